The van der Waals surface area contributed by atoms with Gasteiger partial charge < -0.3 is 14.8 Å². The van der Waals surface area contributed by atoms with Gasteiger partial charge >= 0.3 is 12.2 Å². The second-order valence-electron chi connectivity index (χ2n) is 7.75. The molecule has 1 N–H and O–H groups in total. The van der Waals surface area contributed by atoms with Crippen LogP contribution < -0.4 is 10.2 Å². The number of hydrogen-bond donors (Lipinski definition) is 1. The molecule has 0 aliphatic carbocycles. The molecule has 1 aromatic heterocycles. The third-order valence-corrected chi connectivity index (χ3v) is 2.80. The van der Waals surface area contributed by atoms with Gasteiger partial charge in [0, 0.05) is 19.3 Å². The summed E-state index contributed by atoms with van der Waals surface area (Å²) in [5, 5.41) is 2.63. The molecule has 140 valence electrons. The van der Waals surface area contributed by atoms with Gasteiger partial charge in [-0.2, -0.15) is 0 Å². The summed E-state index contributed by atoms with van der Waals surface area (Å²) >= 11 is 0. The molecule has 0 radical (unpaired) electrons. The van der Waals surface area contributed by atoms with Crippen LogP contribution in [-0.4, -0.2) is 41.5 Å². The van der Waals surface area contributed by atoms with E-state index in [1.54, 1.807) is 53.8 Å². The summed E-state index contributed by atoms with van der Waals surface area (Å²) in [5.74, 6) is 0.472. The summed E-state index contributed by atoms with van der Waals surface area (Å²) in [7, 11) is 0. The Morgan fingerprint density at radius 3 is 2.24 bits per heavy atom. The summed E-state index contributed by atoms with van der Waals surface area (Å²) in [6.07, 6.45) is 0.578. The Hall–Kier alpha value is -2.31. The topological polar surface area (TPSA) is 80.8 Å². The normalized spacial score (nSPS) is 11.6. The van der Waals surface area contributed by atoms with Crippen molar-refractivity contribution in [3.05, 3.63) is 23.9 Å². The van der Waals surface area contributed by atoms with Gasteiger partial charge in [-0.25, -0.2) is 14.6 Å². The zero-order chi connectivity index (χ0) is 19.3. The summed E-state index contributed by atoms with van der Waals surface area (Å²) in [6.45, 7) is 13.1. The number of amides is 2. The molecule has 0 bridgehead atoms. The van der Waals surface area contributed by atoms with Crippen LogP contribution in [0.3, 0.4) is 0 Å². The number of aryl methyl sites for hydroxylation is 1. The molecule has 2 amide bonds. The van der Waals surface area contributed by atoms with Crippen molar-refractivity contribution in [2.75, 3.05) is 18.0 Å². The van der Waals surface area contributed by atoms with Crippen molar-refractivity contribution in [3.8, 4) is 0 Å². The molecule has 0 unspecified atom stereocenters. The highest BCUT2D eigenvalue weighted by atomic mass is 16.6. The van der Waals surface area contributed by atoms with Crippen LogP contribution in [-0.2, 0) is 9.47 Å². The van der Waals surface area contributed by atoms with E-state index < -0.39 is 23.4 Å². The predicted octanol–water partition coefficient (Wildman–Crippen LogP) is 3.66. The molecule has 7 heteroatoms. The van der Waals surface area contributed by atoms with Crippen molar-refractivity contribution in [2.24, 2.45) is 0 Å². The molecule has 1 heterocycles. The fourth-order valence-corrected chi connectivity index (χ4v) is 1.87. The van der Waals surface area contributed by atoms with E-state index >= 15 is 0 Å². The third kappa shape index (κ3) is 8.37. The zero-order valence-corrected chi connectivity index (χ0v) is 16.2. The maximum atomic E-state index is 12.5. The lowest BCUT2D eigenvalue weighted by atomic mass is 10.2. The minimum Gasteiger partial charge on any atom is -0.444 e. The quantitative estimate of drug-likeness (QED) is 0.895. The third-order valence-electron chi connectivity index (χ3n) is 2.80. The zero-order valence-electron chi connectivity index (χ0n) is 16.2. The van der Waals surface area contributed by atoms with Crippen LogP contribution in [0.25, 0.3) is 0 Å². The fourth-order valence-electron chi connectivity index (χ4n) is 1.87. The number of nitrogens with one attached hydrogen (secondary N) is 1. The van der Waals surface area contributed by atoms with Gasteiger partial charge in [-0.1, -0.05) is 0 Å². The Kier molecular flexibility index (Phi) is 6.78. The second-order valence-corrected chi connectivity index (χ2v) is 7.75. The fraction of sp³-hybridized carbons (Fsp3) is 0.611. The number of hydrogen-bond acceptors (Lipinski definition) is 5. The number of anilines is 1. The number of rotatable bonds is 4. The number of carbonyl (C=O) groups excluding carboxylic acids is 2. The first kappa shape index (κ1) is 20.7. The van der Waals surface area contributed by atoms with E-state index in [9.17, 15) is 9.59 Å². The van der Waals surface area contributed by atoms with Crippen molar-refractivity contribution in [1.82, 2.24) is 10.3 Å². The van der Waals surface area contributed by atoms with Gasteiger partial charge in [0.2, 0.25) is 0 Å². The molecular weight excluding hydrogens is 322 g/mol. The van der Waals surface area contributed by atoms with Crippen molar-refractivity contribution < 1.29 is 19.1 Å². The van der Waals surface area contributed by atoms with Crippen LogP contribution in [0.1, 0.15) is 47.1 Å². The van der Waals surface area contributed by atoms with Gasteiger partial charge in [-0.3, -0.25) is 4.90 Å². The van der Waals surface area contributed by atoms with E-state index in [4.69, 9.17) is 9.47 Å². The van der Waals surface area contributed by atoms with E-state index in [2.05, 4.69) is 10.3 Å². The lowest BCUT2D eigenvalue weighted by Gasteiger charge is -2.27. The van der Waals surface area contributed by atoms with Gasteiger partial charge in [-0.05, 0) is 66.2 Å². The average Bonchev–Trinajstić information content (AvgIpc) is 2.39. The van der Waals surface area contributed by atoms with Crippen molar-refractivity contribution in [3.63, 3.8) is 0 Å². The van der Waals surface area contributed by atoms with Gasteiger partial charge in [-0.15, -0.1) is 0 Å². The first-order chi connectivity index (χ1) is 11.4. The molecule has 1 rings (SSSR count). The largest absolute Gasteiger partial charge is 0.444 e. The maximum Gasteiger partial charge on any atom is 0.416 e. The van der Waals surface area contributed by atoms with E-state index in [1.807, 2.05) is 13.0 Å². The van der Waals surface area contributed by atoms with Crippen LogP contribution in [0.2, 0.25) is 0 Å². The highest BCUT2D eigenvalue weighted by molar-refractivity contribution is 5.86. The molecule has 0 aliphatic rings. The Labute approximate surface area is 149 Å². The SMILES string of the molecule is Cc1ccnc(N(CCNC(=O)OC(C)(C)C)C(=O)OC(C)(C)C)c1. The highest BCUT2D eigenvalue weighted by Crippen LogP contribution is 2.17. The number of nitrogens with zero attached hydrogens (tertiary/aromatic N) is 2. The molecule has 0 aliphatic heterocycles. The molecule has 0 aromatic carbocycles. The molecule has 0 saturated carbocycles. The number of alkyl carbamates (subject to hydrolysis) is 1. The second kappa shape index (κ2) is 8.18. The van der Waals surface area contributed by atoms with Crippen molar-refractivity contribution in [2.45, 2.75) is 59.7 Å². The lowest BCUT2D eigenvalue weighted by Crippen LogP contribution is -2.43. The molecule has 0 saturated heterocycles. The number of carbonyl (C=O) groups is 2. The summed E-state index contributed by atoms with van der Waals surface area (Å²) in [6, 6.07) is 3.63. The smallest absolute Gasteiger partial charge is 0.416 e. The van der Waals surface area contributed by atoms with Gasteiger partial charge in [0.1, 0.15) is 17.0 Å². The molecular formula is C18H29N3O4. The maximum absolute atomic E-state index is 12.5. The van der Waals surface area contributed by atoms with Gasteiger partial charge in [0.05, 0.1) is 0 Å². The van der Waals surface area contributed by atoms with Crippen LogP contribution in [0, 0.1) is 6.92 Å². The first-order valence-corrected chi connectivity index (χ1v) is 8.27. The van der Waals surface area contributed by atoms with Crippen molar-refractivity contribution in [1.29, 1.82) is 0 Å². The molecule has 0 atom stereocenters. The minimum absolute atomic E-state index is 0.212. The van der Waals surface area contributed by atoms with Crippen LogP contribution in [0.15, 0.2) is 18.3 Å². The number of pyridine rings is 1. The Morgan fingerprint density at radius 1 is 1.12 bits per heavy atom. The van der Waals surface area contributed by atoms with E-state index in [-0.39, 0.29) is 13.1 Å². The van der Waals surface area contributed by atoms with E-state index in [0.717, 1.165) is 5.56 Å². The van der Waals surface area contributed by atoms with E-state index in [1.165, 1.54) is 4.90 Å². The predicted molar refractivity (Wildman–Crippen MR) is 96.8 cm³/mol. The summed E-state index contributed by atoms with van der Waals surface area (Å²) < 4.78 is 10.6. The summed E-state index contributed by atoms with van der Waals surface area (Å²) in [5.41, 5.74) is -0.233. The molecule has 25 heavy (non-hydrogen) atoms. The molecule has 0 spiro atoms. The minimum atomic E-state index is -0.627. The van der Waals surface area contributed by atoms with Crippen LogP contribution >= 0.6 is 0 Å². The van der Waals surface area contributed by atoms with E-state index in [0.29, 0.717) is 5.82 Å². The Morgan fingerprint density at radius 2 is 1.72 bits per heavy atom. The average molecular weight is 351 g/mol. The Balaban J connectivity index is 2.79. The Bertz CT molecular complexity index is 603. The lowest BCUT2D eigenvalue weighted by molar-refractivity contribution is 0.0512. The highest BCUT2D eigenvalue weighted by Gasteiger charge is 2.24. The monoisotopic (exact) mass is 351 g/mol. The molecule has 0 fully saturated rings. The van der Waals surface area contributed by atoms with Crippen molar-refractivity contribution >= 4 is 18.0 Å². The first-order valence-electron chi connectivity index (χ1n) is 8.27. The number of ether oxygens (including phenoxy) is 2. The molecule has 1 aromatic rings. The standard InChI is InChI=1S/C18H29N3O4/c1-13-8-9-19-14(12-13)21(16(23)25-18(5,6)7)11-10-20-15(22)24-17(2,3)4/h8-9,12H,10-11H2,1-7H3,(H,20,22). The van der Waals surface area contributed by atoms with Gasteiger partial charge in [0.25, 0.3) is 0 Å². The molecule has 7 nitrogen and oxygen atoms in total. The summed E-state index contributed by atoms with van der Waals surface area (Å²) in [4.78, 5) is 29.9. The van der Waals surface area contributed by atoms with Crippen LogP contribution in [0.4, 0.5) is 15.4 Å². The van der Waals surface area contributed by atoms with Crippen LogP contribution in [0.5, 0.6) is 0 Å². The van der Waals surface area contributed by atoms with Gasteiger partial charge in [0.15, 0.2) is 0 Å². The number of aromatic nitrogens is 1.